The molecule has 0 aliphatic rings. The summed E-state index contributed by atoms with van der Waals surface area (Å²) in [5, 5.41) is 3.19. The standard InChI is InChI=1S/C18H15ClN2O4/c1-23-15-8-14(16(24-2)7-13(15)19)21-18(22)12-5-3-11(4-6-12)17-9-20-10-25-17/h3-10H,1-2H3,(H,21,22). The SMILES string of the molecule is COc1cc(NC(=O)c2ccc(-c3cnco3)cc2)c(OC)cc1Cl. The third kappa shape index (κ3) is 3.59. The minimum absolute atomic E-state index is 0.285. The number of carbonyl (C=O) groups is 1. The maximum Gasteiger partial charge on any atom is 0.255 e. The first-order chi connectivity index (χ1) is 12.1. The third-order valence-corrected chi connectivity index (χ3v) is 3.88. The number of halogens is 1. The average Bonchev–Trinajstić information content (AvgIpc) is 3.17. The molecule has 1 amide bonds. The number of methoxy groups -OCH3 is 2. The van der Waals surface area contributed by atoms with Crippen LogP contribution < -0.4 is 14.8 Å². The summed E-state index contributed by atoms with van der Waals surface area (Å²) in [5.41, 5.74) is 1.78. The Morgan fingerprint density at radius 1 is 1.12 bits per heavy atom. The van der Waals surface area contributed by atoms with Gasteiger partial charge in [0.1, 0.15) is 11.5 Å². The molecule has 6 nitrogen and oxygen atoms in total. The third-order valence-electron chi connectivity index (χ3n) is 3.59. The molecule has 0 bridgehead atoms. The molecule has 0 aliphatic carbocycles. The van der Waals surface area contributed by atoms with Gasteiger partial charge in [0.15, 0.2) is 12.2 Å². The van der Waals surface area contributed by atoms with E-state index in [4.69, 9.17) is 25.5 Å². The smallest absolute Gasteiger partial charge is 0.255 e. The Morgan fingerprint density at radius 3 is 2.44 bits per heavy atom. The Balaban J connectivity index is 1.82. The second-order valence-electron chi connectivity index (χ2n) is 5.08. The highest BCUT2D eigenvalue weighted by Gasteiger charge is 2.14. The Bertz CT molecular complexity index is 877. The first-order valence-corrected chi connectivity index (χ1v) is 7.72. The van der Waals surface area contributed by atoms with Gasteiger partial charge in [-0.1, -0.05) is 23.7 Å². The molecule has 3 rings (SSSR count). The van der Waals surface area contributed by atoms with E-state index >= 15 is 0 Å². The van der Waals surface area contributed by atoms with Gasteiger partial charge in [-0.05, 0) is 12.1 Å². The Kier molecular flexibility index (Phi) is 4.90. The van der Waals surface area contributed by atoms with Crippen LogP contribution in [0.25, 0.3) is 11.3 Å². The maximum atomic E-state index is 12.5. The minimum atomic E-state index is -0.285. The summed E-state index contributed by atoms with van der Waals surface area (Å²) >= 11 is 6.07. The zero-order valence-electron chi connectivity index (χ0n) is 13.6. The average molecular weight is 359 g/mol. The highest BCUT2D eigenvalue weighted by molar-refractivity contribution is 6.32. The van der Waals surface area contributed by atoms with Gasteiger partial charge in [0.2, 0.25) is 0 Å². The number of aromatic nitrogens is 1. The summed E-state index contributed by atoms with van der Waals surface area (Å²) in [7, 11) is 3.00. The number of carbonyl (C=O) groups excluding carboxylic acids is 1. The molecule has 0 unspecified atom stereocenters. The van der Waals surface area contributed by atoms with Crippen LogP contribution in [0.4, 0.5) is 5.69 Å². The monoisotopic (exact) mass is 358 g/mol. The second-order valence-corrected chi connectivity index (χ2v) is 5.49. The molecular formula is C18H15ClN2O4. The first kappa shape index (κ1) is 16.9. The van der Waals surface area contributed by atoms with Crippen molar-refractivity contribution in [2.24, 2.45) is 0 Å². The van der Waals surface area contributed by atoms with Crippen molar-refractivity contribution in [1.29, 1.82) is 0 Å². The van der Waals surface area contributed by atoms with Crippen LogP contribution in [-0.2, 0) is 0 Å². The number of nitrogens with one attached hydrogen (secondary N) is 1. The molecule has 0 aliphatic heterocycles. The molecule has 1 N–H and O–H groups in total. The zero-order valence-corrected chi connectivity index (χ0v) is 14.3. The van der Waals surface area contributed by atoms with Gasteiger partial charge < -0.3 is 19.2 Å². The number of amides is 1. The van der Waals surface area contributed by atoms with Gasteiger partial charge in [0.25, 0.3) is 5.91 Å². The van der Waals surface area contributed by atoms with Crippen LogP contribution >= 0.6 is 11.6 Å². The first-order valence-electron chi connectivity index (χ1n) is 7.34. The van der Waals surface area contributed by atoms with E-state index < -0.39 is 0 Å². The van der Waals surface area contributed by atoms with Crippen LogP contribution in [0.2, 0.25) is 5.02 Å². The van der Waals surface area contributed by atoms with E-state index in [9.17, 15) is 4.79 Å². The fraction of sp³-hybridized carbons (Fsp3) is 0.111. The summed E-state index contributed by atoms with van der Waals surface area (Å²) in [6, 6.07) is 10.2. The fourth-order valence-corrected chi connectivity index (χ4v) is 2.53. The van der Waals surface area contributed by atoms with E-state index in [1.807, 2.05) is 0 Å². The van der Waals surface area contributed by atoms with Crippen LogP contribution in [0, 0.1) is 0 Å². The van der Waals surface area contributed by atoms with E-state index in [0.29, 0.717) is 33.5 Å². The number of nitrogens with zero attached hydrogens (tertiary/aromatic N) is 1. The normalized spacial score (nSPS) is 10.4. The quantitative estimate of drug-likeness (QED) is 0.737. The van der Waals surface area contributed by atoms with Crippen LogP contribution in [-0.4, -0.2) is 25.1 Å². The molecule has 0 fully saturated rings. The topological polar surface area (TPSA) is 73.6 Å². The van der Waals surface area contributed by atoms with Gasteiger partial charge >= 0.3 is 0 Å². The molecule has 1 aromatic heterocycles. The van der Waals surface area contributed by atoms with Crippen LogP contribution in [0.3, 0.4) is 0 Å². The lowest BCUT2D eigenvalue weighted by Crippen LogP contribution is -2.12. The molecule has 25 heavy (non-hydrogen) atoms. The molecule has 0 spiro atoms. The van der Waals surface area contributed by atoms with Gasteiger partial charge in [0, 0.05) is 23.3 Å². The van der Waals surface area contributed by atoms with Crippen molar-refractivity contribution in [3.63, 3.8) is 0 Å². The molecule has 0 saturated carbocycles. The molecule has 7 heteroatoms. The lowest BCUT2D eigenvalue weighted by Gasteiger charge is -2.13. The van der Waals surface area contributed by atoms with E-state index in [1.54, 1.807) is 42.6 Å². The van der Waals surface area contributed by atoms with E-state index in [1.165, 1.54) is 20.6 Å². The Morgan fingerprint density at radius 2 is 1.84 bits per heavy atom. The van der Waals surface area contributed by atoms with Crippen molar-refractivity contribution in [1.82, 2.24) is 4.98 Å². The van der Waals surface area contributed by atoms with E-state index in [2.05, 4.69) is 10.3 Å². The highest BCUT2D eigenvalue weighted by Crippen LogP contribution is 2.36. The molecule has 0 radical (unpaired) electrons. The molecule has 0 atom stereocenters. The van der Waals surface area contributed by atoms with Gasteiger partial charge in [-0.25, -0.2) is 4.98 Å². The van der Waals surface area contributed by atoms with Crippen molar-refractivity contribution in [3.05, 3.63) is 59.6 Å². The Hall–Kier alpha value is -2.99. The van der Waals surface area contributed by atoms with Crippen LogP contribution in [0.15, 0.2) is 53.4 Å². The minimum Gasteiger partial charge on any atom is -0.495 e. The largest absolute Gasteiger partial charge is 0.495 e. The lowest BCUT2D eigenvalue weighted by atomic mass is 10.1. The molecule has 3 aromatic rings. The van der Waals surface area contributed by atoms with Crippen LogP contribution in [0.5, 0.6) is 11.5 Å². The number of hydrogen-bond donors (Lipinski definition) is 1. The molecule has 1 heterocycles. The second kappa shape index (κ2) is 7.27. The molecule has 128 valence electrons. The molecular weight excluding hydrogens is 344 g/mol. The number of rotatable bonds is 5. The number of ether oxygens (including phenoxy) is 2. The van der Waals surface area contributed by atoms with Crippen molar-refractivity contribution in [2.75, 3.05) is 19.5 Å². The highest BCUT2D eigenvalue weighted by atomic mass is 35.5. The summed E-state index contributed by atoms with van der Waals surface area (Å²) < 4.78 is 15.7. The summed E-state index contributed by atoms with van der Waals surface area (Å²) in [6.07, 6.45) is 2.97. The van der Waals surface area contributed by atoms with Crippen molar-refractivity contribution in [2.45, 2.75) is 0 Å². The maximum absolute atomic E-state index is 12.5. The van der Waals surface area contributed by atoms with Gasteiger partial charge in [-0.2, -0.15) is 0 Å². The number of oxazole rings is 1. The fourth-order valence-electron chi connectivity index (χ4n) is 2.30. The van der Waals surface area contributed by atoms with Crippen molar-refractivity contribution < 1.29 is 18.7 Å². The predicted molar refractivity (Wildman–Crippen MR) is 94.4 cm³/mol. The number of benzene rings is 2. The molecule has 0 saturated heterocycles. The number of hydrogen-bond acceptors (Lipinski definition) is 5. The van der Waals surface area contributed by atoms with Crippen LogP contribution in [0.1, 0.15) is 10.4 Å². The van der Waals surface area contributed by atoms with Crippen molar-refractivity contribution in [3.8, 4) is 22.8 Å². The Labute approximate surface area is 149 Å². The van der Waals surface area contributed by atoms with Gasteiger partial charge in [0.05, 0.1) is 31.1 Å². The van der Waals surface area contributed by atoms with Gasteiger partial charge in [-0.15, -0.1) is 0 Å². The predicted octanol–water partition coefficient (Wildman–Crippen LogP) is 4.26. The molecule has 2 aromatic carbocycles. The number of anilines is 1. The summed E-state index contributed by atoms with van der Waals surface area (Å²) in [5.74, 6) is 1.23. The summed E-state index contributed by atoms with van der Waals surface area (Å²) in [4.78, 5) is 16.4. The van der Waals surface area contributed by atoms with Gasteiger partial charge in [-0.3, -0.25) is 4.79 Å². The van der Waals surface area contributed by atoms with Crippen molar-refractivity contribution >= 4 is 23.2 Å². The summed E-state index contributed by atoms with van der Waals surface area (Å²) in [6.45, 7) is 0. The lowest BCUT2D eigenvalue weighted by molar-refractivity contribution is 0.102. The van der Waals surface area contributed by atoms with E-state index in [0.717, 1.165) is 5.56 Å². The van der Waals surface area contributed by atoms with E-state index in [-0.39, 0.29) is 5.91 Å². The zero-order chi connectivity index (χ0) is 17.8.